The van der Waals surface area contributed by atoms with Crippen molar-refractivity contribution in [1.29, 1.82) is 5.26 Å². The monoisotopic (exact) mass is 269 g/mol. The highest BCUT2D eigenvalue weighted by Crippen LogP contribution is 2.38. The molecule has 19 heavy (non-hydrogen) atoms. The van der Waals surface area contributed by atoms with Gasteiger partial charge in [0.05, 0.1) is 23.3 Å². The third-order valence-corrected chi connectivity index (χ3v) is 3.66. The van der Waals surface area contributed by atoms with E-state index in [1.807, 2.05) is 0 Å². The normalized spacial score (nSPS) is 18.3. The summed E-state index contributed by atoms with van der Waals surface area (Å²) in [6.45, 7) is 0. The summed E-state index contributed by atoms with van der Waals surface area (Å²) in [5.41, 5.74) is -1.13. The van der Waals surface area contributed by atoms with Gasteiger partial charge in [0.15, 0.2) is 0 Å². The van der Waals surface area contributed by atoms with Gasteiger partial charge >= 0.3 is 6.18 Å². The highest BCUT2D eigenvalue weighted by Gasteiger charge is 2.35. The molecule has 0 aromatic heterocycles. The van der Waals surface area contributed by atoms with E-state index in [1.54, 1.807) is 0 Å². The van der Waals surface area contributed by atoms with Crippen LogP contribution in [0.15, 0.2) is 18.2 Å². The number of hydrogen-bond donors (Lipinski definition) is 1. The van der Waals surface area contributed by atoms with Crippen molar-refractivity contribution in [2.45, 2.75) is 38.0 Å². The van der Waals surface area contributed by atoms with Gasteiger partial charge in [0, 0.05) is 0 Å². The summed E-state index contributed by atoms with van der Waals surface area (Å²) in [5.74, 6) is 0.0222. The van der Waals surface area contributed by atoms with E-state index in [0.717, 1.165) is 37.8 Å². The lowest BCUT2D eigenvalue weighted by atomic mass is 9.92. The Morgan fingerprint density at radius 2 is 1.89 bits per heavy atom. The largest absolute Gasteiger partial charge is 0.417 e. The molecule has 1 unspecified atom stereocenters. The first kappa shape index (κ1) is 13.9. The molecule has 0 saturated heterocycles. The maximum absolute atomic E-state index is 12.8. The molecule has 0 radical (unpaired) electrons. The molecule has 2 rings (SSSR count). The number of aliphatic hydroxyl groups is 1. The zero-order valence-corrected chi connectivity index (χ0v) is 10.2. The first-order chi connectivity index (χ1) is 8.93. The van der Waals surface area contributed by atoms with Gasteiger partial charge in [0.2, 0.25) is 0 Å². The summed E-state index contributed by atoms with van der Waals surface area (Å²) in [5, 5.41) is 18.8. The average Bonchev–Trinajstić information content (AvgIpc) is 2.90. The first-order valence-electron chi connectivity index (χ1n) is 6.23. The molecule has 5 heteroatoms. The highest BCUT2D eigenvalue weighted by atomic mass is 19.4. The van der Waals surface area contributed by atoms with E-state index < -0.39 is 23.4 Å². The third kappa shape index (κ3) is 2.90. The van der Waals surface area contributed by atoms with Crippen LogP contribution in [0.5, 0.6) is 0 Å². The Kier molecular flexibility index (Phi) is 3.81. The molecular formula is C14H14F3NO. The molecule has 0 spiro atoms. The van der Waals surface area contributed by atoms with E-state index in [9.17, 15) is 18.3 Å². The molecule has 1 aliphatic rings. The fraction of sp³-hybridized carbons (Fsp3) is 0.500. The van der Waals surface area contributed by atoms with Crippen molar-refractivity contribution < 1.29 is 18.3 Å². The second-order valence-corrected chi connectivity index (χ2v) is 4.90. The number of benzene rings is 1. The second kappa shape index (κ2) is 5.22. The van der Waals surface area contributed by atoms with Crippen molar-refractivity contribution in [1.82, 2.24) is 0 Å². The Morgan fingerprint density at radius 3 is 2.42 bits per heavy atom. The maximum atomic E-state index is 12.8. The fourth-order valence-corrected chi connectivity index (χ4v) is 2.62. The highest BCUT2D eigenvalue weighted by molar-refractivity contribution is 5.42. The SMILES string of the molecule is N#Cc1ccc(C(O)C2CCCC2)cc1C(F)(F)F. The van der Waals surface area contributed by atoms with Crippen LogP contribution in [0, 0.1) is 17.2 Å². The number of nitriles is 1. The predicted molar refractivity (Wildman–Crippen MR) is 63.1 cm³/mol. The lowest BCUT2D eigenvalue weighted by molar-refractivity contribution is -0.137. The Hall–Kier alpha value is -1.54. The number of aliphatic hydroxyl groups excluding tert-OH is 1. The molecule has 1 aromatic carbocycles. The fourth-order valence-electron chi connectivity index (χ4n) is 2.62. The summed E-state index contributed by atoms with van der Waals surface area (Å²) >= 11 is 0. The van der Waals surface area contributed by atoms with Crippen LogP contribution in [0.2, 0.25) is 0 Å². The molecule has 1 saturated carbocycles. The van der Waals surface area contributed by atoms with E-state index in [-0.39, 0.29) is 11.5 Å². The summed E-state index contributed by atoms with van der Waals surface area (Å²) < 4.78 is 38.5. The number of hydrogen-bond acceptors (Lipinski definition) is 2. The predicted octanol–water partition coefficient (Wildman–Crippen LogP) is 3.80. The van der Waals surface area contributed by atoms with Gasteiger partial charge in [-0.2, -0.15) is 18.4 Å². The Bertz CT molecular complexity index is 498. The lowest BCUT2D eigenvalue weighted by Crippen LogP contribution is -2.13. The van der Waals surface area contributed by atoms with Gasteiger partial charge in [0.1, 0.15) is 0 Å². The summed E-state index contributed by atoms with van der Waals surface area (Å²) in [6, 6.07) is 4.99. The average molecular weight is 269 g/mol. The first-order valence-corrected chi connectivity index (χ1v) is 6.23. The summed E-state index contributed by atoms with van der Waals surface area (Å²) in [6.07, 6.45) is -1.77. The Labute approximate surface area is 109 Å². The molecule has 0 heterocycles. The van der Waals surface area contributed by atoms with Crippen molar-refractivity contribution >= 4 is 0 Å². The van der Waals surface area contributed by atoms with Gasteiger partial charge in [-0.05, 0) is 36.5 Å². The lowest BCUT2D eigenvalue weighted by Gasteiger charge is -2.19. The van der Waals surface area contributed by atoms with E-state index in [2.05, 4.69) is 0 Å². The molecule has 1 N–H and O–H groups in total. The van der Waals surface area contributed by atoms with Gasteiger partial charge in [0.25, 0.3) is 0 Å². The molecule has 102 valence electrons. The third-order valence-electron chi connectivity index (χ3n) is 3.66. The number of alkyl halides is 3. The Morgan fingerprint density at radius 1 is 1.26 bits per heavy atom. The minimum Gasteiger partial charge on any atom is -0.388 e. The van der Waals surface area contributed by atoms with Crippen molar-refractivity contribution in [3.05, 3.63) is 34.9 Å². The number of rotatable bonds is 2. The van der Waals surface area contributed by atoms with E-state index in [4.69, 9.17) is 5.26 Å². The van der Waals surface area contributed by atoms with Crippen LogP contribution in [-0.4, -0.2) is 5.11 Å². The van der Waals surface area contributed by atoms with Gasteiger partial charge in [-0.25, -0.2) is 0 Å². The molecule has 0 aliphatic heterocycles. The van der Waals surface area contributed by atoms with Gasteiger partial charge in [-0.15, -0.1) is 0 Å². The minimum absolute atomic E-state index is 0.0222. The van der Waals surface area contributed by atoms with Crippen molar-refractivity contribution in [2.24, 2.45) is 5.92 Å². The quantitative estimate of drug-likeness (QED) is 0.887. The molecule has 1 aliphatic carbocycles. The molecule has 1 atom stereocenters. The standard InChI is InChI=1S/C14H14F3NO/c15-14(16,17)12-7-10(5-6-11(12)8-18)13(19)9-3-1-2-4-9/h5-7,9,13,19H,1-4H2. The van der Waals surface area contributed by atoms with Crippen molar-refractivity contribution in [3.63, 3.8) is 0 Å². The van der Waals surface area contributed by atoms with Crippen molar-refractivity contribution in [2.75, 3.05) is 0 Å². The zero-order chi connectivity index (χ0) is 14.0. The topological polar surface area (TPSA) is 44.0 Å². The van der Waals surface area contributed by atoms with Gasteiger partial charge in [-0.1, -0.05) is 18.9 Å². The van der Waals surface area contributed by atoms with Crippen LogP contribution >= 0.6 is 0 Å². The van der Waals surface area contributed by atoms with Crippen molar-refractivity contribution in [3.8, 4) is 6.07 Å². The van der Waals surface area contributed by atoms with Crippen LogP contribution in [0.25, 0.3) is 0 Å². The van der Waals surface area contributed by atoms with E-state index in [1.165, 1.54) is 12.1 Å². The number of nitrogens with zero attached hydrogens (tertiary/aromatic N) is 1. The molecular weight excluding hydrogens is 255 g/mol. The number of halogens is 3. The van der Waals surface area contributed by atoms with Gasteiger partial charge < -0.3 is 5.11 Å². The minimum atomic E-state index is -4.57. The molecule has 2 nitrogen and oxygen atoms in total. The smallest absolute Gasteiger partial charge is 0.388 e. The molecule has 0 bridgehead atoms. The summed E-state index contributed by atoms with van der Waals surface area (Å²) in [4.78, 5) is 0. The van der Waals surface area contributed by atoms with Crippen LogP contribution in [0.4, 0.5) is 13.2 Å². The van der Waals surface area contributed by atoms with Crippen LogP contribution in [-0.2, 0) is 6.18 Å². The zero-order valence-electron chi connectivity index (χ0n) is 10.2. The van der Waals surface area contributed by atoms with Gasteiger partial charge in [-0.3, -0.25) is 0 Å². The molecule has 0 amide bonds. The molecule has 1 fully saturated rings. The summed E-state index contributed by atoms with van der Waals surface area (Å²) in [7, 11) is 0. The second-order valence-electron chi connectivity index (χ2n) is 4.90. The van der Waals surface area contributed by atoms with Crippen LogP contribution < -0.4 is 0 Å². The molecule has 1 aromatic rings. The Balaban J connectivity index is 2.35. The van der Waals surface area contributed by atoms with E-state index in [0.29, 0.717) is 0 Å². The maximum Gasteiger partial charge on any atom is 0.417 e. The van der Waals surface area contributed by atoms with E-state index >= 15 is 0 Å². The van der Waals surface area contributed by atoms with Crippen LogP contribution in [0.3, 0.4) is 0 Å². The van der Waals surface area contributed by atoms with Crippen LogP contribution in [0.1, 0.15) is 48.5 Å².